The SMILES string of the molecule is COc1ccc2nccc(-c3ccc(CCNS(=O)(=O)c4ccc5c(c4)NC(=O)CS5)cc3)c2n1. The maximum absolute atomic E-state index is 12.8. The van der Waals surface area contributed by atoms with Gasteiger partial charge in [-0.1, -0.05) is 24.3 Å². The average molecular weight is 507 g/mol. The molecule has 2 N–H and O–H groups in total. The molecule has 1 aliphatic heterocycles. The van der Waals surface area contributed by atoms with Gasteiger partial charge >= 0.3 is 0 Å². The fourth-order valence-electron chi connectivity index (χ4n) is 3.85. The summed E-state index contributed by atoms with van der Waals surface area (Å²) in [4.78, 5) is 21.5. The molecule has 178 valence electrons. The molecule has 0 spiro atoms. The van der Waals surface area contributed by atoms with Gasteiger partial charge in [0.1, 0.15) is 5.52 Å². The van der Waals surface area contributed by atoms with E-state index in [0.29, 0.717) is 23.7 Å². The lowest BCUT2D eigenvalue weighted by atomic mass is 10.0. The number of aromatic nitrogens is 2. The van der Waals surface area contributed by atoms with Gasteiger partial charge in [0.15, 0.2) is 0 Å². The van der Waals surface area contributed by atoms with Crippen LogP contribution in [0.25, 0.3) is 22.2 Å². The Morgan fingerprint density at radius 2 is 1.91 bits per heavy atom. The molecule has 0 radical (unpaired) electrons. The van der Waals surface area contributed by atoms with Gasteiger partial charge in [-0.2, -0.15) is 0 Å². The van der Waals surface area contributed by atoms with E-state index in [1.807, 2.05) is 36.4 Å². The summed E-state index contributed by atoms with van der Waals surface area (Å²) in [5, 5.41) is 2.72. The van der Waals surface area contributed by atoms with Crippen molar-refractivity contribution in [2.75, 3.05) is 24.7 Å². The van der Waals surface area contributed by atoms with Crippen LogP contribution < -0.4 is 14.8 Å². The second-order valence-corrected chi connectivity index (χ2v) is 10.7. The van der Waals surface area contributed by atoms with Crippen LogP contribution in [0, 0.1) is 0 Å². The summed E-state index contributed by atoms with van der Waals surface area (Å²) in [6.07, 6.45) is 2.28. The van der Waals surface area contributed by atoms with Crippen LogP contribution in [0.4, 0.5) is 5.69 Å². The summed E-state index contributed by atoms with van der Waals surface area (Å²) in [6.45, 7) is 0.247. The Morgan fingerprint density at radius 3 is 2.71 bits per heavy atom. The Kier molecular flexibility index (Phi) is 6.42. The Balaban J connectivity index is 1.27. The van der Waals surface area contributed by atoms with Crippen molar-refractivity contribution >= 4 is 44.4 Å². The Labute approximate surface area is 207 Å². The Bertz CT molecular complexity index is 1520. The lowest BCUT2D eigenvalue weighted by Gasteiger charge is -2.17. The molecule has 1 amide bonds. The molecule has 35 heavy (non-hydrogen) atoms. The maximum Gasteiger partial charge on any atom is 0.240 e. The Morgan fingerprint density at radius 1 is 1.09 bits per heavy atom. The standard InChI is InChI=1S/C25H22N4O4S2/c1-33-24-9-7-20-25(29-24)19(11-12-26-20)17-4-2-16(3-5-17)10-13-27-35(31,32)18-6-8-22-21(14-18)28-23(30)15-34-22/h2-9,11-12,14,27H,10,13,15H2,1H3,(H,28,30). The smallest absolute Gasteiger partial charge is 0.240 e. The predicted octanol–water partition coefficient (Wildman–Crippen LogP) is 3.87. The molecule has 0 saturated heterocycles. The molecule has 5 rings (SSSR count). The zero-order chi connectivity index (χ0) is 24.4. The number of hydrogen-bond donors (Lipinski definition) is 2. The zero-order valence-electron chi connectivity index (χ0n) is 18.8. The number of ether oxygens (including phenoxy) is 1. The molecule has 0 atom stereocenters. The minimum Gasteiger partial charge on any atom is -0.481 e. The third-order valence-corrected chi connectivity index (χ3v) is 8.16. The first-order valence-electron chi connectivity index (χ1n) is 10.9. The van der Waals surface area contributed by atoms with Gasteiger partial charge in [0, 0.05) is 29.3 Å². The van der Waals surface area contributed by atoms with E-state index in [-0.39, 0.29) is 17.3 Å². The number of thioether (sulfide) groups is 1. The first kappa shape index (κ1) is 23.3. The summed E-state index contributed by atoms with van der Waals surface area (Å²) in [6, 6.07) is 18.3. The number of fused-ring (bicyclic) bond motifs is 2. The van der Waals surface area contributed by atoms with Crippen molar-refractivity contribution in [1.82, 2.24) is 14.7 Å². The highest BCUT2D eigenvalue weighted by molar-refractivity contribution is 8.00. The minimum absolute atomic E-state index is 0.127. The van der Waals surface area contributed by atoms with Crippen molar-refractivity contribution in [2.45, 2.75) is 16.2 Å². The maximum atomic E-state index is 12.8. The van der Waals surface area contributed by atoms with Gasteiger partial charge in [0.2, 0.25) is 21.8 Å². The second-order valence-electron chi connectivity index (χ2n) is 7.92. The summed E-state index contributed by atoms with van der Waals surface area (Å²) in [5.41, 5.74) is 4.99. The minimum atomic E-state index is -3.70. The van der Waals surface area contributed by atoms with Crippen molar-refractivity contribution in [2.24, 2.45) is 0 Å². The number of rotatable bonds is 7. The highest BCUT2D eigenvalue weighted by Crippen LogP contribution is 2.33. The molecule has 0 unspecified atom stereocenters. The molecular formula is C25H22N4O4S2. The monoisotopic (exact) mass is 506 g/mol. The first-order chi connectivity index (χ1) is 16.9. The molecule has 0 fully saturated rings. The topological polar surface area (TPSA) is 110 Å². The number of carbonyl (C=O) groups excluding carboxylic acids is 1. The predicted molar refractivity (Wildman–Crippen MR) is 136 cm³/mol. The number of methoxy groups -OCH3 is 1. The van der Waals surface area contributed by atoms with E-state index in [1.165, 1.54) is 17.8 Å². The van der Waals surface area contributed by atoms with E-state index < -0.39 is 10.0 Å². The van der Waals surface area contributed by atoms with Gasteiger partial charge in [0.05, 0.1) is 29.0 Å². The molecule has 2 aromatic heterocycles. The van der Waals surface area contributed by atoms with Gasteiger partial charge in [-0.3, -0.25) is 9.78 Å². The molecule has 2 aromatic carbocycles. The van der Waals surface area contributed by atoms with Crippen molar-refractivity contribution in [3.8, 4) is 17.0 Å². The summed E-state index contributed by atoms with van der Waals surface area (Å²) in [7, 11) is -2.12. The number of pyridine rings is 2. The zero-order valence-corrected chi connectivity index (χ0v) is 20.4. The van der Waals surface area contributed by atoms with Crippen LogP contribution in [0.5, 0.6) is 5.88 Å². The molecule has 0 bridgehead atoms. The molecule has 0 saturated carbocycles. The number of nitrogens with zero attached hydrogens (tertiary/aromatic N) is 2. The normalized spacial score (nSPS) is 13.3. The molecule has 8 nitrogen and oxygen atoms in total. The fraction of sp³-hybridized carbons (Fsp3) is 0.160. The number of benzene rings is 2. The van der Waals surface area contributed by atoms with Crippen LogP contribution in [0.15, 0.2) is 76.7 Å². The first-order valence-corrected chi connectivity index (χ1v) is 13.4. The number of hydrogen-bond acceptors (Lipinski definition) is 7. The van der Waals surface area contributed by atoms with Gasteiger partial charge in [-0.25, -0.2) is 18.1 Å². The summed E-state index contributed by atoms with van der Waals surface area (Å²) >= 11 is 1.39. The van der Waals surface area contributed by atoms with Crippen LogP contribution in [0.2, 0.25) is 0 Å². The highest BCUT2D eigenvalue weighted by Gasteiger charge is 2.20. The number of amides is 1. The lowest BCUT2D eigenvalue weighted by Crippen LogP contribution is -2.26. The highest BCUT2D eigenvalue weighted by atomic mass is 32.2. The van der Waals surface area contributed by atoms with Gasteiger partial charge in [-0.15, -0.1) is 11.8 Å². The van der Waals surface area contributed by atoms with Crippen LogP contribution in [-0.4, -0.2) is 43.7 Å². The molecule has 4 aromatic rings. The summed E-state index contributed by atoms with van der Waals surface area (Å²) < 4.78 is 33.4. The van der Waals surface area contributed by atoms with Crippen LogP contribution in [0.1, 0.15) is 5.56 Å². The van der Waals surface area contributed by atoms with E-state index in [1.54, 1.807) is 31.5 Å². The second kappa shape index (κ2) is 9.65. The van der Waals surface area contributed by atoms with Crippen LogP contribution in [0.3, 0.4) is 0 Å². The van der Waals surface area contributed by atoms with Gasteiger partial charge in [0.25, 0.3) is 0 Å². The van der Waals surface area contributed by atoms with E-state index >= 15 is 0 Å². The lowest BCUT2D eigenvalue weighted by molar-refractivity contribution is -0.113. The van der Waals surface area contributed by atoms with E-state index in [4.69, 9.17) is 4.74 Å². The number of anilines is 1. The number of nitrogens with one attached hydrogen (secondary N) is 2. The van der Waals surface area contributed by atoms with Crippen molar-refractivity contribution in [3.63, 3.8) is 0 Å². The van der Waals surface area contributed by atoms with Crippen molar-refractivity contribution in [1.29, 1.82) is 0 Å². The van der Waals surface area contributed by atoms with E-state index in [2.05, 4.69) is 20.0 Å². The fourth-order valence-corrected chi connectivity index (χ4v) is 5.69. The van der Waals surface area contributed by atoms with Gasteiger partial charge < -0.3 is 10.1 Å². The summed E-state index contributed by atoms with van der Waals surface area (Å²) in [5.74, 6) is 0.719. The third kappa shape index (κ3) is 5.00. The number of carbonyl (C=O) groups is 1. The van der Waals surface area contributed by atoms with Crippen LogP contribution in [-0.2, 0) is 21.2 Å². The molecule has 3 heterocycles. The quantitative estimate of drug-likeness (QED) is 0.391. The van der Waals surface area contributed by atoms with Gasteiger partial charge in [-0.05, 0) is 47.9 Å². The molecule has 1 aliphatic rings. The molecular weight excluding hydrogens is 484 g/mol. The van der Waals surface area contributed by atoms with Crippen molar-refractivity contribution < 1.29 is 17.9 Å². The van der Waals surface area contributed by atoms with Crippen molar-refractivity contribution in [3.05, 3.63) is 72.4 Å². The van der Waals surface area contributed by atoms with E-state index in [9.17, 15) is 13.2 Å². The number of sulfonamides is 1. The third-order valence-electron chi connectivity index (χ3n) is 5.63. The largest absolute Gasteiger partial charge is 0.481 e. The molecule has 10 heteroatoms. The molecule has 0 aliphatic carbocycles. The average Bonchev–Trinajstić information content (AvgIpc) is 2.88. The Hall–Kier alpha value is -3.47. The van der Waals surface area contributed by atoms with E-state index in [0.717, 1.165) is 32.6 Å². The van der Waals surface area contributed by atoms with Crippen LogP contribution >= 0.6 is 11.8 Å².